The molecule has 0 atom stereocenters. The second-order valence-corrected chi connectivity index (χ2v) is 6.09. The van der Waals surface area contributed by atoms with Gasteiger partial charge in [0.15, 0.2) is 0 Å². The molecule has 0 spiro atoms. The molecule has 0 saturated carbocycles. The van der Waals surface area contributed by atoms with E-state index in [4.69, 9.17) is 0 Å². The Morgan fingerprint density at radius 1 is 1.38 bits per heavy atom. The van der Waals surface area contributed by atoms with Crippen LogP contribution in [0.25, 0.3) is 0 Å². The molecular formula is C15H22N4OS. The average molecular weight is 306 g/mol. The zero-order valence-corrected chi connectivity index (χ0v) is 13.4. The number of nitrogens with one attached hydrogen (secondary N) is 2. The number of aromatic amines is 1. The number of aromatic nitrogens is 3. The minimum Gasteiger partial charge on any atom is -0.351 e. The Labute approximate surface area is 129 Å². The third-order valence-corrected chi connectivity index (χ3v) is 4.56. The average Bonchev–Trinajstić information content (AvgIpc) is 3.13. The highest BCUT2D eigenvalue weighted by Gasteiger charge is 2.12. The van der Waals surface area contributed by atoms with E-state index in [0.717, 1.165) is 42.8 Å². The molecular weight excluding hydrogens is 284 g/mol. The van der Waals surface area contributed by atoms with E-state index in [9.17, 15) is 4.79 Å². The van der Waals surface area contributed by atoms with E-state index in [1.54, 1.807) is 11.3 Å². The highest BCUT2D eigenvalue weighted by atomic mass is 32.1. The van der Waals surface area contributed by atoms with Gasteiger partial charge in [0, 0.05) is 17.8 Å². The predicted molar refractivity (Wildman–Crippen MR) is 84.7 cm³/mol. The second-order valence-electron chi connectivity index (χ2n) is 4.95. The van der Waals surface area contributed by atoms with Crippen molar-refractivity contribution in [3.63, 3.8) is 0 Å². The first-order chi connectivity index (χ1) is 10.2. The van der Waals surface area contributed by atoms with E-state index in [1.807, 2.05) is 6.07 Å². The molecule has 0 saturated heterocycles. The lowest BCUT2D eigenvalue weighted by atomic mass is 10.1. The smallest absolute Gasteiger partial charge is 0.261 e. The Morgan fingerprint density at radius 3 is 2.90 bits per heavy atom. The third-order valence-electron chi connectivity index (χ3n) is 3.32. The highest BCUT2D eigenvalue weighted by Crippen LogP contribution is 2.24. The van der Waals surface area contributed by atoms with Crippen molar-refractivity contribution in [2.24, 2.45) is 0 Å². The molecule has 0 aliphatic rings. The number of H-pyrrole nitrogens is 1. The number of hydrogen-bond donors (Lipinski definition) is 2. The third kappa shape index (κ3) is 4.39. The first-order valence-electron chi connectivity index (χ1n) is 7.48. The van der Waals surface area contributed by atoms with Gasteiger partial charge in [-0.1, -0.05) is 20.3 Å². The zero-order valence-electron chi connectivity index (χ0n) is 12.6. The fourth-order valence-corrected chi connectivity index (χ4v) is 3.48. The molecule has 114 valence electrons. The van der Waals surface area contributed by atoms with Crippen molar-refractivity contribution in [1.82, 2.24) is 20.5 Å². The van der Waals surface area contributed by atoms with Gasteiger partial charge in [0.1, 0.15) is 12.2 Å². The maximum absolute atomic E-state index is 12.2. The molecule has 0 bridgehead atoms. The van der Waals surface area contributed by atoms with Crippen molar-refractivity contribution < 1.29 is 4.79 Å². The van der Waals surface area contributed by atoms with Crippen LogP contribution in [0.15, 0.2) is 12.4 Å². The van der Waals surface area contributed by atoms with E-state index in [0.29, 0.717) is 6.54 Å². The Bertz CT molecular complexity index is 562. The quantitative estimate of drug-likeness (QED) is 0.737. The molecule has 0 aliphatic heterocycles. The predicted octanol–water partition coefficient (Wildman–Crippen LogP) is 2.74. The number of nitrogens with zero attached hydrogens (tertiary/aromatic N) is 2. The molecule has 2 aromatic heterocycles. The van der Waals surface area contributed by atoms with Gasteiger partial charge in [0.25, 0.3) is 5.91 Å². The summed E-state index contributed by atoms with van der Waals surface area (Å²) in [6.07, 6.45) is 6.32. The van der Waals surface area contributed by atoms with Gasteiger partial charge in [-0.15, -0.1) is 11.3 Å². The number of hydrogen-bond acceptors (Lipinski definition) is 4. The van der Waals surface area contributed by atoms with Crippen molar-refractivity contribution in [2.45, 2.75) is 46.0 Å². The van der Waals surface area contributed by atoms with Crippen LogP contribution in [-0.2, 0) is 19.3 Å². The first kappa shape index (κ1) is 15.7. The van der Waals surface area contributed by atoms with Crippen LogP contribution in [-0.4, -0.2) is 27.6 Å². The van der Waals surface area contributed by atoms with E-state index < -0.39 is 0 Å². The minimum absolute atomic E-state index is 0.0367. The number of amides is 1. The van der Waals surface area contributed by atoms with E-state index >= 15 is 0 Å². The fourth-order valence-electron chi connectivity index (χ4n) is 2.21. The zero-order chi connectivity index (χ0) is 15.1. The van der Waals surface area contributed by atoms with Crippen LogP contribution in [0.2, 0.25) is 0 Å². The van der Waals surface area contributed by atoms with Gasteiger partial charge >= 0.3 is 0 Å². The lowest BCUT2D eigenvalue weighted by Crippen LogP contribution is -2.24. The van der Waals surface area contributed by atoms with Crippen LogP contribution >= 0.6 is 11.3 Å². The summed E-state index contributed by atoms with van der Waals surface area (Å²) in [5.74, 6) is 0.897. The Morgan fingerprint density at radius 2 is 2.24 bits per heavy atom. The van der Waals surface area contributed by atoms with Gasteiger partial charge in [-0.05, 0) is 30.9 Å². The van der Waals surface area contributed by atoms with Gasteiger partial charge in [-0.25, -0.2) is 4.98 Å². The number of thiophene rings is 1. The van der Waals surface area contributed by atoms with Crippen LogP contribution in [0.1, 0.15) is 52.6 Å². The molecule has 0 aromatic carbocycles. The van der Waals surface area contributed by atoms with Crippen LogP contribution in [0.5, 0.6) is 0 Å². The summed E-state index contributed by atoms with van der Waals surface area (Å²) in [5, 5.41) is 9.60. The van der Waals surface area contributed by atoms with Gasteiger partial charge < -0.3 is 5.32 Å². The summed E-state index contributed by atoms with van der Waals surface area (Å²) >= 11 is 1.63. The molecule has 2 heterocycles. The first-order valence-corrected chi connectivity index (χ1v) is 8.30. The molecule has 5 nitrogen and oxygen atoms in total. The summed E-state index contributed by atoms with van der Waals surface area (Å²) in [6, 6.07) is 2.04. The normalized spacial score (nSPS) is 10.8. The molecule has 2 N–H and O–H groups in total. The Balaban J connectivity index is 1.82. The van der Waals surface area contributed by atoms with Crippen molar-refractivity contribution >= 4 is 17.2 Å². The molecule has 2 aromatic rings. The monoisotopic (exact) mass is 306 g/mol. The summed E-state index contributed by atoms with van der Waals surface area (Å²) in [6.45, 7) is 4.96. The van der Waals surface area contributed by atoms with Gasteiger partial charge in [-0.3, -0.25) is 9.89 Å². The summed E-state index contributed by atoms with van der Waals surface area (Å²) < 4.78 is 0. The Hall–Kier alpha value is -1.69. The van der Waals surface area contributed by atoms with Crippen molar-refractivity contribution in [2.75, 3.05) is 6.54 Å². The van der Waals surface area contributed by atoms with Gasteiger partial charge in [0.05, 0.1) is 4.88 Å². The number of aryl methyl sites for hydroxylation is 3. The van der Waals surface area contributed by atoms with E-state index in [1.165, 1.54) is 16.8 Å². The minimum atomic E-state index is 0.0367. The molecule has 0 unspecified atom stereocenters. The van der Waals surface area contributed by atoms with Gasteiger partial charge in [0.2, 0.25) is 0 Å². The van der Waals surface area contributed by atoms with E-state index in [-0.39, 0.29) is 5.91 Å². The highest BCUT2D eigenvalue weighted by molar-refractivity contribution is 7.14. The van der Waals surface area contributed by atoms with E-state index in [2.05, 4.69) is 34.3 Å². The molecule has 0 aliphatic carbocycles. The molecule has 1 amide bonds. The SMILES string of the molecule is CCCc1sc(C(=O)NCCCc2ncn[nH]2)cc1CC. The largest absolute Gasteiger partial charge is 0.351 e. The molecule has 2 rings (SSSR count). The summed E-state index contributed by atoms with van der Waals surface area (Å²) in [7, 11) is 0. The van der Waals surface area contributed by atoms with Gasteiger partial charge in [-0.2, -0.15) is 5.10 Å². The van der Waals surface area contributed by atoms with Crippen LogP contribution in [0.4, 0.5) is 0 Å². The van der Waals surface area contributed by atoms with Crippen LogP contribution in [0, 0.1) is 0 Å². The molecule has 6 heteroatoms. The van der Waals surface area contributed by atoms with Crippen molar-refractivity contribution in [1.29, 1.82) is 0 Å². The number of rotatable bonds is 8. The fraction of sp³-hybridized carbons (Fsp3) is 0.533. The summed E-state index contributed by atoms with van der Waals surface area (Å²) in [5.41, 5.74) is 1.31. The molecule has 21 heavy (non-hydrogen) atoms. The number of carbonyl (C=O) groups excluding carboxylic acids is 1. The topological polar surface area (TPSA) is 70.7 Å². The van der Waals surface area contributed by atoms with Crippen molar-refractivity contribution in [3.05, 3.63) is 33.5 Å². The lowest BCUT2D eigenvalue weighted by Gasteiger charge is -2.02. The lowest BCUT2D eigenvalue weighted by molar-refractivity contribution is 0.0957. The second kappa shape index (κ2) is 7.93. The van der Waals surface area contributed by atoms with Crippen LogP contribution < -0.4 is 5.32 Å². The van der Waals surface area contributed by atoms with Crippen LogP contribution in [0.3, 0.4) is 0 Å². The summed E-state index contributed by atoms with van der Waals surface area (Å²) in [4.78, 5) is 18.4. The standard InChI is InChI=1S/C15H22N4OS/c1-3-6-12-11(4-2)9-13(21-12)15(20)16-8-5-7-14-17-10-18-19-14/h9-10H,3-8H2,1-2H3,(H,16,20)(H,17,18,19). The Kier molecular flexibility index (Phi) is 5.92. The maximum atomic E-state index is 12.2. The van der Waals surface area contributed by atoms with Crippen molar-refractivity contribution in [3.8, 4) is 0 Å². The number of carbonyl (C=O) groups is 1. The molecule has 0 fully saturated rings. The molecule has 0 radical (unpaired) electrons. The maximum Gasteiger partial charge on any atom is 0.261 e.